The van der Waals surface area contributed by atoms with Crippen LogP contribution in [0.4, 0.5) is 0 Å². The lowest BCUT2D eigenvalue weighted by Gasteiger charge is -2.23. The molecule has 2 aromatic carbocycles. The molecule has 168 valence electrons. The Morgan fingerprint density at radius 3 is 2.19 bits per heavy atom. The highest BCUT2D eigenvalue weighted by Crippen LogP contribution is 2.14. The van der Waals surface area contributed by atoms with E-state index in [1.54, 1.807) is 6.07 Å². The van der Waals surface area contributed by atoms with Gasteiger partial charge in [-0.25, -0.2) is 0 Å². The van der Waals surface area contributed by atoms with Gasteiger partial charge in [-0.15, -0.1) is 0 Å². The van der Waals surface area contributed by atoms with E-state index in [0.717, 1.165) is 25.1 Å². The van der Waals surface area contributed by atoms with Crippen LogP contribution in [0.5, 0.6) is 0 Å². The number of para-hydroxylation sites is 2. The Morgan fingerprint density at radius 1 is 0.906 bits per heavy atom. The number of amides is 1. The number of nitrogens with one attached hydrogen (secondary N) is 1. The number of carbonyl (C=O) groups is 1. The third-order valence-electron chi connectivity index (χ3n) is 6.27. The van der Waals surface area contributed by atoms with Gasteiger partial charge in [-0.2, -0.15) is 0 Å². The quantitative estimate of drug-likeness (QED) is 0.552. The molecule has 1 fully saturated rings. The Morgan fingerprint density at radius 2 is 1.50 bits per heavy atom. The molecule has 1 unspecified atom stereocenters. The molecular weight excluding hydrogens is 404 g/mol. The van der Waals surface area contributed by atoms with Crippen molar-refractivity contribution in [1.29, 1.82) is 0 Å². The highest BCUT2D eigenvalue weighted by atomic mass is 16.2. The molecule has 0 saturated carbocycles. The molecule has 1 atom stereocenters. The lowest BCUT2D eigenvalue weighted by Crippen LogP contribution is -2.44. The van der Waals surface area contributed by atoms with Gasteiger partial charge in [0.1, 0.15) is 6.54 Å². The molecule has 0 aliphatic carbocycles. The van der Waals surface area contributed by atoms with Gasteiger partial charge in [0.2, 0.25) is 5.91 Å². The molecular formula is C25H30N4O3. The van der Waals surface area contributed by atoms with E-state index >= 15 is 0 Å². The molecule has 3 aromatic rings. The SMILES string of the molecule is CC(CCNC(=O)Cn1c(=O)c(=O)n(Cc2ccccc2)c2ccccc21)N1CCCC1. The average molecular weight is 435 g/mol. The molecule has 1 saturated heterocycles. The molecule has 1 aliphatic rings. The van der Waals surface area contributed by atoms with Crippen molar-refractivity contribution in [2.24, 2.45) is 0 Å². The van der Waals surface area contributed by atoms with Crippen molar-refractivity contribution in [3.05, 3.63) is 80.9 Å². The van der Waals surface area contributed by atoms with Crippen LogP contribution in [-0.2, 0) is 17.9 Å². The summed E-state index contributed by atoms with van der Waals surface area (Å²) in [6, 6.07) is 17.2. The maximum Gasteiger partial charge on any atom is 0.317 e. The molecule has 1 aromatic heterocycles. The van der Waals surface area contributed by atoms with Crippen LogP contribution in [0.1, 0.15) is 31.7 Å². The van der Waals surface area contributed by atoms with Gasteiger partial charge in [-0.05, 0) is 57.0 Å². The molecule has 0 radical (unpaired) electrons. The minimum Gasteiger partial charge on any atom is -0.354 e. The highest BCUT2D eigenvalue weighted by Gasteiger charge is 2.18. The number of nitrogens with zero attached hydrogens (tertiary/aromatic N) is 3. The normalized spacial score (nSPS) is 15.2. The van der Waals surface area contributed by atoms with Crippen molar-refractivity contribution in [1.82, 2.24) is 19.4 Å². The van der Waals surface area contributed by atoms with Crippen molar-refractivity contribution >= 4 is 16.9 Å². The summed E-state index contributed by atoms with van der Waals surface area (Å²) in [6.45, 7) is 5.11. The molecule has 1 N–H and O–H groups in total. The third kappa shape index (κ3) is 4.83. The minimum absolute atomic E-state index is 0.168. The Hall–Kier alpha value is -3.19. The number of rotatable bonds is 8. The number of likely N-dealkylation sites (tertiary alicyclic amines) is 1. The van der Waals surface area contributed by atoms with E-state index < -0.39 is 11.1 Å². The summed E-state index contributed by atoms with van der Waals surface area (Å²) in [6.07, 6.45) is 3.34. The molecule has 32 heavy (non-hydrogen) atoms. The first-order valence-electron chi connectivity index (χ1n) is 11.3. The van der Waals surface area contributed by atoms with Gasteiger partial charge in [0.05, 0.1) is 17.6 Å². The summed E-state index contributed by atoms with van der Waals surface area (Å²) in [5, 5.41) is 2.92. The van der Waals surface area contributed by atoms with Crippen LogP contribution in [0.3, 0.4) is 0 Å². The summed E-state index contributed by atoms with van der Waals surface area (Å²) < 4.78 is 2.78. The smallest absolute Gasteiger partial charge is 0.317 e. The van der Waals surface area contributed by atoms with Gasteiger partial charge >= 0.3 is 11.1 Å². The Bertz CT molecular complexity index is 1190. The molecule has 0 bridgehead atoms. The lowest BCUT2D eigenvalue weighted by atomic mass is 10.2. The molecule has 1 aliphatic heterocycles. The van der Waals surface area contributed by atoms with E-state index in [-0.39, 0.29) is 12.5 Å². The fourth-order valence-electron chi connectivity index (χ4n) is 4.44. The Labute approximate surface area is 187 Å². The maximum absolute atomic E-state index is 12.9. The number of carbonyl (C=O) groups excluding carboxylic acids is 1. The Kier molecular flexibility index (Phi) is 6.85. The monoisotopic (exact) mass is 434 g/mol. The van der Waals surface area contributed by atoms with E-state index in [4.69, 9.17) is 0 Å². The van der Waals surface area contributed by atoms with E-state index in [0.29, 0.717) is 30.2 Å². The van der Waals surface area contributed by atoms with E-state index in [9.17, 15) is 14.4 Å². The molecule has 7 nitrogen and oxygen atoms in total. The first kappa shape index (κ1) is 22.0. The van der Waals surface area contributed by atoms with Crippen LogP contribution in [0.25, 0.3) is 11.0 Å². The summed E-state index contributed by atoms with van der Waals surface area (Å²) >= 11 is 0. The largest absolute Gasteiger partial charge is 0.354 e. The van der Waals surface area contributed by atoms with Crippen molar-refractivity contribution in [3.8, 4) is 0 Å². The van der Waals surface area contributed by atoms with Crippen LogP contribution in [0.2, 0.25) is 0 Å². The maximum atomic E-state index is 12.9. The van der Waals surface area contributed by atoms with Crippen LogP contribution in [-0.4, -0.2) is 45.6 Å². The Balaban J connectivity index is 1.52. The van der Waals surface area contributed by atoms with E-state index in [1.165, 1.54) is 22.0 Å². The van der Waals surface area contributed by atoms with Crippen LogP contribution in [0, 0.1) is 0 Å². The summed E-state index contributed by atoms with van der Waals surface area (Å²) in [5.41, 5.74) is 0.843. The van der Waals surface area contributed by atoms with Crippen molar-refractivity contribution in [2.75, 3.05) is 19.6 Å². The predicted octanol–water partition coefficient (Wildman–Crippen LogP) is 2.20. The standard InChI is InChI=1S/C25H30N4O3/c1-19(27-15-7-8-16-27)13-14-26-23(30)18-29-22-12-6-5-11-21(22)28(24(31)25(29)32)17-20-9-3-2-4-10-20/h2-6,9-12,19H,7-8,13-18H2,1H3,(H,26,30). The topological polar surface area (TPSA) is 76.3 Å². The number of aromatic nitrogens is 2. The van der Waals surface area contributed by atoms with Crippen molar-refractivity contribution in [2.45, 2.75) is 45.3 Å². The van der Waals surface area contributed by atoms with Gasteiger partial charge in [-0.3, -0.25) is 23.5 Å². The second-order valence-electron chi connectivity index (χ2n) is 8.49. The van der Waals surface area contributed by atoms with Crippen LogP contribution in [0.15, 0.2) is 64.2 Å². The number of benzene rings is 2. The molecule has 7 heteroatoms. The molecule has 4 rings (SSSR count). The van der Waals surface area contributed by atoms with Gasteiger partial charge in [0, 0.05) is 12.6 Å². The molecule has 0 spiro atoms. The zero-order valence-corrected chi connectivity index (χ0v) is 18.5. The third-order valence-corrected chi connectivity index (χ3v) is 6.27. The fraction of sp³-hybridized carbons (Fsp3) is 0.400. The van der Waals surface area contributed by atoms with Crippen LogP contribution < -0.4 is 16.4 Å². The summed E-state index contributed by atoms with van der Waals surface area (Å²) in [4.78, 5) is 40.9. The van der Waals surface area contributed by atoms with Crippen molar-refractivity contribution < 1.29 is 4.79 Å². The van der Waals surface area contributed by atoms with Gasteiger partial charge in [0.25, 0.3) is 0 Å². The number of hydrogen-bond donors (Lipinski definition) is 1. The fourth-order valence-corrected chi connectivity index (χ4v) is 4.44. The minimum atomic E-state index is -0.680. The second kappa shape index (κ2) is 9.96. The average Bonchev–Trinajstić information content (AvgIpc) is 3.35. The van der Waals surface area contributed by atoms with Gasteiger partial charge in [0.15, 0.2) is 0 Å². The van der Waals surface area contributed by atoms with E-state index in [1.807, 2.05) is 48.5 Å². The zero-order valence-electron chi connectivity index (χ0n) is 18.5. The van der Waals surface area contributed by atoms with Crippen molar-refractivity contribution in [3.63, 3.8) is 0 Å². The first-order valence-corrected chi connectivity index (χ1v) is 11.3. The molecule has 1 amide bonds. The predicted molar refractivity (Wildman–Crippen MR) is 126 cm³/mol. The second-order valence-corrected chi connectivity index (χ2v) is 8.49. The number of hydrogen-bond acceptors (Lipinski definition) is 4. The summed E-state index contributed by atoms with van der Waals surface area (Å²) in [7, 11) is 0. The first-order chi connectivity index (χ1) is 15.5. The zero-order chi connectivity index (χ0) is 22.5. The summed E-state index contributed by atoms with van der Waals surface area (Å²) in [5.74, 6) is -0.258. The van der Waals surface area contributed by atoms with Gasteiger partial charge < -0.3 is 10.2 Å². The number of fused-ring (bicyclic) bond motifs is 1. The lowest BCUT2D eigenvalue weighted by molar-refractivity contribution is -0.121. The molecule has 2 heterocycles. The highest BCUT2D eigenvalue weighted by molar-refractivity contribution is 5.80. The van der Waals surface area contributed by atoms with Gasteiger partial charge in [-0.1, -0.05) is 42.5 Å². The van der Waals surface area contributed by atoms with Crippen LogP contribution >= 0.6 is 0 Å². The van der Waals surface area contributed by atoms with E-state index in [2.05, 4.69) is 17.1 Å².